The first-order valence-electron chi connectivity index (χ1n) is 16.3. The van der Waals surface area contributed by atoms with Gasteiger partial charge in [0.2, 0.25) is 17.7 Å². The first kappa shape index (κ1) is 35.0. The lowest BCUT2D eigenvalue weighted by Gasteiger charge is -2.27. The van der Waals surface area contributed by atoms with Crippen LogP contribution in [-0.2, 0) is 32.3 Å². The second-order valence-electron chi connectivity index (χ2n) is 13.6. The summed E-state index contributed by atoms with van der Waals surface area (Å²) in [5, 5.41) is 11.1. The fraction of sp³-hybridized carbons (Fsp3) is 0.389. The van der Waals surface area contributed by atoms with Crippen LogP contribution >= 0.6 is 15.9 Å². The minimum atomic E-state index is -0.844. The van der Waals surface area contributed by atoms with Gasteiger partial charge in [-0.2, -0.15) is 5.10 Å². The Balaban J connectivity index is 1.31. The number of Topliss-reactive ketones (excluding diaryl/α,β-unsaturated/α-hetero) is 1. The number of ether oxygens (including phenoxy) is 1. The van der Waals surface area contributed by atoms with Gasteiger partial charge >= 0.3 is 0 Å². The van der Waals surface area contributed by atoms with Crippen molar-refractivity contribution < 1.29 is 23.9 Å². The molecule has 3 aromatic heterocycles. The van der Waals surface area contributed by atoms with Crippen LogP contribution < -0.4 is 10.6 Å². The van der Waals surface area contributed by atoms with Crippen molar-refractivity contribution in [3.05, 3.63) is 77.1 Å². The summed E-state index contributed by atoms with van der Waals surface area (Å²) in [6.07, 6.45) is 6.00. The lowest BCUT2D eigenvalue weighted by Crippen LogP contribution is -2.47. The number of hydrogen-bond donors (Lipinski definition) is 2. The zero-order chi connectivity index (χ0) is 36.0. The predicted octanol–water partition coefficient (Wildman–Crippen LogP) is 4.63. The number of methoxy groups -OCH3 is 1. The number of nitrogens with zero attached hydrogens (tertiary/aromatic N) is 6. The number of ketones is 1. The van der Waals surface area contributed by atoms with Crippen LogP contribution in [0.2, 0.25) is 0 Å². The van der Waals surface area contributed by atoms with Crippen molar-refractivity contribution >= 4 is 56.2 Å². The predicted molar refractivity (Wildman–Crippen MR) is 190 cm³/mol. The molecule has 0 radical (unpaired) electrons. The van der Waals surface area contributed by atoms with Gasteiger partial charge in [0.15, 0.2) is 5.78 Å². The van der Waals surface area contributed by atoms with E-state index in [1.807, 2.05) is 18.2 Å². The molecule has 1 saturated carbocycles. The molecule has 4 heterocycles. The highest BCUT2D eigenvalue weighted by molar-refractivity contribution is 9.10. The number of halogens is 1. The minimum absolute atomic E-state index is 0.183. The van der Waals surface area contributed by atoms with E-state index in [4.69, 9.17) is 4.74 Å². The number of aromatic nitrogens is 5. The lowest BCUT2D eigenvalue weighted by atomic mass is 9.92. The Labute approximate surface area is 298 Å². The quantitative estimate of drug-likeness (QED) is 0.120. The second kappa shape index (κ2) is 13.5. The number of anilines is 1. The van der Waals surface area contributed by atoms with Gasteiger partial charge in [0, 0.05) is 60.9 Å². The van der Waals surface area contributed by atoms with Gasteiger partial charge < -0.3 is 20.3 Å². The summed E-state index contributed by atoms with van der Waals surface area (Å²) in [5.74, 6) is -0.187. The van der Waals surface area contributed by atoms with Gasteiger partial charge in [-0.05, 0) is 73.3 Å². The van der Waals surface area contributed by atoms with Gasteiger partial charge in [0.1, 0.15) is 34.5 Å². The monoisotopic (exact) mass is 742 g/mol. The third kappa shape index (κ3) is 6.69. The van der Waals surface area contributed by atoms with Crippen molar-refractivity contribution in [2.24, 2.45) is 10.8 Å². The maximum atomic E-state index is 14.3. The number of carbonyl (C=O) groups excluding carboxylic acids is 4. The molecule has 2 fully saturated rings. The van der Waals surface area contributed by atoms with E-state index in [0.29, 0.717) is 52.1 Å². The van der Waals surface area contributed by atoms with Gasteiger partial charge in [-0.25, -0.2) is 15.0 Å². The van der Waals surface area contributed by atoms with Crippen molar-refractivity contribution in [2.75, 3.05) is 19.0 Å². The molecule has 0 spiro atoms. The molecule has 2 aliphatic rings. The number of rotatable bonds is 12. The Morgan fingerprint density at radius 3 is 2.54 bits per heavy atom. The molecule has 6 rings (SSSR count). The summed E-state index contributed by atoms with van der Waals surface area (Å²) in [4.78, 5) is 68.7. The van der Waals surface area contributed by atoms with Crippen LogP contribution in [0.15, 0.2) is 60.0 Å². The highest BCUT2D eigenvalue weighted by Gasteiger charge is 2.67. The Bertz CT molecular complexity index is 2030. The topological polar surface area (TPSA) is 161 Å². The highest BCUT2D eigenvalue weighted by Crippen LogP contribution is 2.59. The van der Waals surface area contributed by atoms with E-state index in [2.05, 4.69) is 53.2 Å². The van der Waals surface area contributed by atoms with Crippen molar-refractivity contribution in [1.29, 1.82) is 0 Å². The molecule has 3 atom stereocenters. The van der Waals surface area contributed by atoms with Gasteiger partial charge in [0.25, 0.3) is 0 Å². The molecule has 1 aromatic carbocycles. The smallest absolute Gasteiger partial charge is 0.248 e. The van der Waals surface area contributed by atoms with E-state index < -0.39 is 22.8 Å². The number of pyridine rings is 1. The summed E-state index contributed by atoms with van der Waals surface area (Å²) in [5.41, 5.74) is 1.84. The molecule has 50 heavy (non-hydrogen) atoms. The highest BCUT2D eigenvalue weighted by atomic mass is 79.9. The number of piperidine rings is 1. The summed E-state index contributed by atoms with van der Waals surface area (Å²) >= 11 is 3.37. The molecule has 1 saturated heterocycles. The molecule has 260 valence electrons. The maximum Gasteiger partial charge on any atom is 0.248 e. The number of benzene rings is 1. The zero-order valence-corrected chi connectivity index (χ0v) is 30.2. The Hall–Kier alpha value is -4.82. The molecule has 2 N–H and O–H groups in total. The molecule has 0 unspecified atom stereocenters. The molecular formula is C36H39BrN8O5. The number of aryl methyl sites for hydroxylation is 1. The van der Waals surface area contributed by atoms with Crippen molar-refractivity contribution in [2.45, 2.75) is 65.8 Å². The average Bonchev–Trinajstić information content (AvgIpc) is 3.50. The van der Waals surface area contributed by atoms with E-state index >= 15 is 0 Å². The third-order valence-electron chi connectivity index (χ3n) is 9.67. The molecule has 3 amide bonds. The summed E-state index contributed by atoms with van der Waals surface area (Å²) in [7, 11) is 1.55. The first-order chi connectivity index (χ1) is 23.8. The second-order valence-corrected chi connectivity index (χ2v) is 14.4. The van der Waals surface area contributed by atoms with Crippen molar-refractivity contribution in [1.82, 2.24) is 34.9 Å². The first-order valence-corrected chi connectivity index (χ1v) is 17.0. The van der Waals surface area contributed by atoms with Crippen molar-refractivity contribution in [3.8, 4) is 11.1 Å². The van der Waals surface area contributed by atoms with Crippen molar-refractivity contribution in [3.63, 3.8) is 0 Å². The summed E-state index contributed by atoms with van der Waals surface area (Å²) in [6, 6.07) is 7.97. The number of amides is 3. The fourth-order valence-corrected chi connectivity index (χ4v) is 6.89. The van der Waals surface area contributed by atoms with Crippen LogP contribution in [0.4, 0.5) is 5.82 Å². The minimum Gasteiger partial charge on any atom is -0.380 e. The van der Waals surface area contributed by atoms with Gasteiger partial charge in [-0.15, -0.1) is 6.58 Å². The van der Waals surface area contributed by atoms with E-state index in [9.17, 15) is 19.2 Å². The van der Waals surface area contributed by atoms with E-state index in [-0.39, 0.29) is 42.5 Å². The SMILES string of the molecule is C=CC(C)(C)C(=O)NC[C@@]12C[C@@H](C(=O)Nc3nc(Br)ccc3COC)N(C(=O)Cn3nc(C(C)=O)c4cc(-c5cnc(C)nc5)ccc43)[C@@H]1C2. The van der Waals surface area contributed by atoms with Crippen LogP contribution in [0.3, 0.4) is 0 Å². The van der Waals surface area contributed by atoms with Crippen LogP contribution in [0, 0.1) is 17.8 Å². The Kier molecular flexibility index (Phi) is 9.44. The molecule has 1 aliphatic carbocycles. The summed E-state index contributed by atoms with van der Waals surface area (Å²) in [6.45, 7) is 10.9. The number of nitrogens with one attached hydrogen (secondary N) is 2. The van der Waals surface area contributed by atoms with Gasteiger partial charge in [0.05, 0.1) is 17.5 Å². The van der Waals surface area contributed by atoms with Gasteiger partial charge in [-0.1, -0.05) is 18.2 Å². The maximum absolute atomic E-state index is 14.3. The fourth-order valence-electron chi connectivity index (χ4n) is 6.58. The van der Waals surface area contributed by atoms with E-state index in [0.717, 1.165) is 11.1 Å². The standard InChI is InChI=1S/C36H39BrN8O5/c1-7-35(4,5)34(49)40-19-36-13-27(33(48)42-32-23(18-50-6)9-11-29(37)41-32)45(28(36)14-36)30(47)17-44-26-10-8-22(24-15-38-21(3)39-16-24)12-25(26)31(43-44)20(2)46/h7-12,15-16,27-28H,1,13-14,17-19H2,2-6H3,(H,40,49)(H,41,42,48)/t27-,28+,36-/m0/s1. The molecule has 0 bridgehead atoms. The van der Waals surface area contributed by atoms with Crippen LogP contribution in [0.25, 0.3) is 22.0 Å². The van der Waals surface area contributed by atoms with Gasteiger partial charge in [-0.3, -0.25) is 23.9 Å². The molecule has 1 aliphatic heterocycles. The van der Waals surface area contributed by atoms with E-state index in [1.165, 1.54) is 11.6 Å². The molecule has 4 aromatic rings. The number of fused-ring (bicyclic) bond motifs is 2. The number of likely N-dealkylation sites (tertiary alicyclic amines) is 1. The summed E-state index contributed by atoms with van der Waals surface area (Å²) < 4.78 is 7.35. The molecule has 13 nitrogen and oxygen atoms in total. The van der Waals surface area contributed by atoms with Crippen LogP contribution in [0.5, 0.6) is 0 Å². The van der Waals surface area contributed by atoms with Crippen LogP contribution in [-0.4, -0.2) is 78.9 Å². The normalized spacial score (nSPS) is 19.6. The Morgan fingerprint density at radius 1 is 1.12 bits per heavy atom. The zero-order valence-electron chi connectivity index (χ0n) is 28.6. The van der Waals surface area contributed by atoms with Crippen LogP contribution in [0.1, 0.15) is 55.5 Å². The third-order valence-corrected chi connectivity index (χ3v) is 10.1. The number of hydrogen-bond acceptors (Lipinski definition) is 9. The average molecular weight is 744 g/mol. The molecule has 14 heteroatoms. The largest absolute Gasteiger partial charge is 0.380 e. The van der Waals surface area contributed by atoms with E-state index in [1.54, 1.807) is 63.4 Å². The number of carbonyl (C=O) groups is 4. The Morgan fingerprint density at radius 2 is 1.86 bits per heavy atom. The lowest BCUT2D eigenvalue weighted by molar-refractivity contribution is -0.138. The molecular weight excluding hydrogens is 704 g/mol.